The van der Waals surface area contributed by atoms with Gasteiger partial charge in [0.15, 0.2) is 6.29 Å². The number of carbonyl (C=O) groups is 2. The first-order chi connectivity index (χ1) is 38.0. The van der Waals surface area contributed by atoms with Crippen LogP contribution >= 0.6 is 0 Å². The van der Waals surface area contributed by atoms with Gasteiger partial charge in [-0.2, -0.15) is 0 Å². The zero-order chi connectivity index (χ0) is 57.4. The van der Waals surface area contributed by atoms with Crippen LogP contribution in [0.2, 0.25) is 0 Å². The third kappa shape index (κ3) is 9.47. The van der Waals surface area contributed by atoms with Crippen LogP contribution in [0, 0.1) is 79.3 Å². The second-order valence-corrected chi connectivity index (χ2v) is 27.8. The fourth-order valence-electron chi connectivity index (χ4n) is 19.6. The van der Waals surface area contributed by atoms with Crippen molar-refractivity contribution in [3.05, 3.63) is 48.1 Å². The fraction of sp³-hybridized carbons (Fsp3) is 0.833. The Balaban J connectivity index is 1.13. The predicted molar refractivity (Wildman–Crippen MR) is 296 cm³/mol. The first kappa shape index (κ1) is 59.8. The van der Waals surface area contributed by atoms with E-state index in [4.69, 9.17) is 15.2 Å². The van der Waals surface area contributed by atoms with Gasteiger partial charge >= 0.3 is 5.97 Å². The van der Waals surface area contributed by atoms with Crippen molar-refractivity contribution in [1.29, 1.82) is 0 Å². The van der Waals surface area contributed by atoms with Crippen molar-refractivity contribution in [2.24, 2.45) is 85.1 Å². The Morgan fingerprint density at radius 1 is 0.900 bits per heavy atom. The first-order valence-electron chi connectivity index (χ1n) is 30.3. The number of carboxylic acids is 1. The molecule has 10 rings (SSSR count). The molecule has 448 valence electrons. The second kappa shape index (κ2) is 22.6. The largest absolute Gasteiger partial charge is 0.481 e. The SMILES string of the molecule is CCNCCNCC(CC(c1cnc[nH]1)C1NC(=O)C2(CCCC2)C1CC1C(O)C(OC2OCC(O)C(O)C2O)C(C)(CO)C2CCC3(C)C(CC=C4C5CC(C)(CO)CCC5(C(=O)O)CC(Cc5cnc[nH]5)C43C)C12C)C(N)O. The lowest BCUT2D eigenvalue weighted by Crippen LogP contribution is -2.73. The van der Waals surface area contributed by atoms with E-state index >= 15 is 4.79 Å². The molecule has 2 aromatic heterocycles. The van der Waals surface area contributed by atoms with Gasteiger partial charge in [-0.25, -0.2) is 9.97 Å². The summed E-state index contributed by atoms with van der Waals surface area (Å²) in [6.45, 7) is 15.0. The van der Waals surface area contributed by atoms with E-state index in [9.17, 15) is 45.6 Å². The number of aromatic amines is 2. The number of aromatic nitrogens is 4. The molecule has 22 unspecified atom stereocenters. The molecule has 5 saturated carbocycles. The van der Waals surface area contributed by atoms with Crippen LogP contribution in [0.15, 0.2) is 36.7 Å². The zero-order valence-corrected chi connectivity index (χ0v) is 48.2. The maximum atomic E-state index is 15.2. The summed E-state index contributed by atoms with van der Waals surface area (Å²) in [4.78, 5) is 45.0. The molecule has 0 bridgehead atoms. The number of rotatable bonds is 20. The number of hydrogen-bond acceptors (Lipinski definition) is 16. The highest BCUT2D eigenvalue weighted by molar-refractivity contribution is 5.86. The van der Waals surface area contributed by atoms with Crippen LogP contribution in [0.1, 0.15) is 142 Å². The van der Waals surface area contributed by atoms with Gasteiger partial charge < -0.3 is 82.0 Å². The van der Waals surface area contributed by atoms with E-state index in [1.165, 1.54) is 0 Å². The summed E-state index contributed by atoms with van der Waals surface area (Å²) in [6.07, 6.45) is 7.71. The number of nitrogens with two attached hydrogens (primary N) is 1. The average Bonchev–Trinajstić information content (AvgIpc) is 3.14. The summed E-state index contributed by atoms with van der Waals surface area (Å²) in [7, 11) is 0. The monoisotopic (exact) mass is 1120 g/mol. The molecule has 1 spiro atoms. The van der Waals surface area contributed by atoms with Gasteiger partial charge in [0.05, 0.1) is 48.9 Å². The van der Waals surface area contributed by atoms with Crippen LogP contribution in [0.3, 0.4) is 0 Å². The number of aliphatic hydroxyl groups is 7. The van der Waals surface area contributed by atoms with Gasteiger partial charge in [-0.3, -0.25) is 9.59 Å². The van der Waals surface area contributed by atoms with Crippen LogP contribution in [-0.2, 0) is 25.5 Å². The number of allylic oxidation sites excluding steroid dienone is 2. The zero-order valence-electron chi connectivity index (χ0n) is 48.2. The number of fused-ring (bicyclic) bond motifs is 7. The van der Waals surface area contributed by atoms with Gasteiger partial charge in [-0.1, -0.05) is 66.0 Å². The summed E-state index contributed by atoms with van der Waals surface area (Å²) >= 11 is 0. The van der Waals surface area contributed by atoms with E-state index in [2.05, 4.69) is 69.7 Å². The predicted octanol–water partition coefficient (Wildman–Crippen LogP) is 3.09. The van der Waals surface area contributed by atoms with Gasteiger partial charge in [0.25, 0.3) is 0 Å². The molecular weight excluding hydrogens is 1020 g/mol. The van der Waals surface area contributed by atoms with E-state index in [0.717, 1.165) is 42.9 Å². The molecule has 0 radical (unpaired) electrons. The number of nitrogens with one attached hydrogen (secondary N) is 5. The average molecular weight is 1120 g/mol. The van der Waals surface area contributed by atoms with Crippen molar-refractivity contribution in [2.75, 3.05) is 46.0 Å². The van der Waals surface area contributed by atoms with Crippen LogP contribution in [0.25, 0.3) is 0 Å². The highest BCUT2D eigenvalue weighted by Crippen LogP contribution is 2.79. The molecule has 15 N–H and O–H groups in total. The number of imidazole rings is 2. The van der Waals surface area contributed by atoms with Gasteiger partial charge in [-0.15, -0.1) is 0 Å². The molecule has 1 amide bonds. The lowest BCUT2D eigenvalue weighted by atomic mass is 9.30. The molecule has 2 saturated heterocycles. The molecule has 80 heavy (non-hydrogen) atoms. The quantitative estimate of drug-likeness (QED) is 0.0392. The minimum absolute atomic E-state index is 0.0336. The number of ether oxygens (including phenoxy) is 2. The van der Waals surface area contributed by atoms with Crippen LogP contribution in [-0.4, -0.2) is 168 Å². The van der Waals surface area contributed by atoms with E-state index in [1.54, 1.807) is 18.9 Å². The van der Waals surface area contributed by atoms with Crippen molar-refractivity contribution in [3.8, 4) is 0 Å². The van der Waals surface area contributed by atoms with Crippen molar-refractivity contribution >= 4 is 11.9 Å². The number of aliphatic hydroxyl groups excluding tert-OH is 7. The Morgan fingerprint density at radius 2 is 1.62 bits per heavy atom. The Labute approximate surface area is 471 Å². The van der Waals surface area contributed by atoms with Crippen molar-refractivity contribution in [3.63, 3.8) is 0 Å². The third-order valence-electron chi connectivity index (χ3n) is 24.2. The Morgan fingerprint density at radius 3 is 2.27 bits per heavy atom. The topological polar surface area (TPSA) is 334 Å². The third-order valence-corrected chi connectivity index (χ3v) is 24.2. The minimum Gasteiger partial charge on any atom is -0.481 e. The number of carboxylic acid groups (broad SMARTS) is 1. The van der Waals surface area contributed by atoms with E-state index in [0.29, 0.717) is 90.1 Å². The van der Waals surface area contributed by atoms with Gasteiger partial charge in [0, 0.05) is 73.3 Å². The van der Waals surface area contributed by atoms with Crippen molar-refractivity contribution in [2.45, 2.75) is 186 Å². The molecule has 20 nitrogen and oxygen atoms in total. The highest BCUT2D eigenvalue weighted by atomic mass is 16.7. The van der Waals surface area contributed by atoms with Gasteiger partial charge in [-0.05, 0) is 141 Å². The van der Waals surface area contributed by atoms with Gasteiger partial charge in [0.2, 0.25) is 5.91 Å². The molecule has 2 aromatic rings. The molecule has 20 heteroatoms. The summed E-state index contributed by atoms with van der Waals surface area (Å²) in [5.41, 5.74) is 3.86. The number of amides is 1. The number of carbonyl (C=O) groups excluding carboxylic acids is 1. The molecule has 7 fully saturated rings. The first-order valence-corrected chi connectivity index (χ1v) is 30.3. The van der Waals surface area contributed by atoms with Gasteiger partial charge in [0.1, 0.15) is 24.5 Å². The number of likely N-dealkylation sites (N-methyl/N-ethyl adjacent to an activating group) is 1. The number of H-pyrrole nitrogens is 2. The standard InChI is InChI=1S/C60H96N8O12/c1-7-62-18-19-63-25-33(50(61)75)20-36(41-27-65-32-67-41)45-38(59(52(76)68-45)13-8-9-14-59)22-39-46(72)49(80-51-48(74)47(73)42(71)28-79-51)55(3,30-70)43-12-15-56(4)44(57(39,43)5)11-10-37-40-24-54(2,29-69)16-17-60(40,53(77)78)23-34(58(37,56)6)21-35-26-64-31-66-35/h10,26-27,31-34,36,38-40,42-51,62-63,69-75H,7-9,11-25,28-30,61H2,1-6H3,(H,64,66)(H,65,67)(H,68,76)(H,77,78). The van der Waals surface area contributed by atoms with E-state index < -0.39 is 117 Å². The molecule has 6 aliphatic carbocycles. The molecular formula is C60H96N8O12. The lowest BCUT2D eigenvalue weighted by molar-refractivity contribution is -0.341. The van der Waals surface area contributed by atoms with E-state index in [1.807, 2.05) is 20.0 Å². The maximum absolute atomic E-state index is 15.2. The number of hydrogen-bond donors (Lipinski definition) is 14. The normalized spacial score (nSPS) is 44.2. The molecule has 2 aliphatic heterocycles. The highest BCUT2D eigenvalue weighted by Gasteiger charge is 2.75. The molecule has 22 atom stereocenters. The van der Waals surface area contributed by atoms with Crippen molar-refractivity contribution < 1.29 is 59.9 Å². The Hall–Kier alpha value is -3.38. The lowest BCUT2D eigenvalue weighted by Gasteiger charge is -2.74. The van der Waals surface area contributed by atoms with Crippen LogP contribution < -0.4 is 21.7 Å². The fourth-order valence-corrected chi connectivity index (χ4v) is 19.6. The second-order valence-electron chi connectivity index (χ2n) is 27.8. The summed E-state index contributed by atoms with van der Waals surface area (Å²) in [5.74, 6) is -3.64. The molecule has 0 aromatic carbocycles. The van der Waals surface area contributed by atoms with Crippen LogP contribution in [0.4, 0.5) is 0 Å². The Bertz CT molecular complexity index is 2500. The summed E-state index contributed by atoms with van der Waals surface area (Å²) in [6, 6.07) is -0.497. The number of aliphatic carboxylic acids is 1. The van der Waals surface area contributed by atoms with E-state index in [-0.39, 0.29) is 48.7 Å². The number of nitrogens with zero attached hydrogens (tertiary/aromatic N) is 2. The van der Waals surface area contributed by atoms with Crippen LogP contribution in [0.5, 0.6) is 0 Å². The Kier molecular flexibility index (Phi) is 16.9. The maximum Gasteiger partial charge on any atom is 0.310 e. The summed E-state index contributed by atoms with van der Waals surface area (Å²) < 4.78 is 12.8. The smallest absolute Gasteiger partial charge is 0.310 e. The van der Waals surface area contributed by atoms with Crippen molar-refractivity contribution in [1.82, 2.24) is 35.9 Å². The molecule has 8 aliphatic rings. The summed E-state index contributed by atoms with van der Waals surface area (Å²) in [5, 5.41) is 103. The minimum atomic E-state index is -1.66. The molecule has 4 heterocycles.